The lowest BCUT2D eigenvalue weighted by atomic mass is 10.6. The summed E-state index contributed by atoms with van der Waals surface area (Å²) in [5.41, 5.74) is 0. The molecule has 4 heteroatoms. The normalized spacial score (nSPS) is 12.7. The van der Waals surface area contributed by atoms with E-state index in [1.54, 1.807) is 7.11 Å². The minimum Gasteiger partial charge on any atom is -0.468 e. The molecule has 0 heterocycles. The van der Waals surface area contributed by atoms with Gasteiger partial charge >= 0.3 is 5.97 Å². The van der Waals surface area contributed by atoms with E-state index in [1.807, 2.05) is 6.92 Å². The Labute approximate surface area is 60.5 Å². The van der Waals surface area contributed by atoms with Crippen molar-refractivity contribution in [3.8, 4) is 0 Å². The topological polar surface area (TPSA) is 47.6 Å². The molecule has 0 spiro atoms. The summed E-state index contributed by atoms with van der Waals surface area (Å²) in [6, 6.07) is 0. The summed E-state index contributed by atoms with van der Waals surface area (Å²) in [6.07, 6.45) is -0.112. The molecule has 4 nitrogen and oxygen atoms in total. The average Bonchev–Trinajstić information content (AvgIpc) is 1.99. The zero-order valence-corrected chi connectivity index (χ0v) is 6.51. The standard InChI is InChI=1S/C6H13NO3/c1-5(9-2)7-4-6(8)10-3/h5,7H,4H2,1-3H3. The number of ether oxygens (including phenoxy) is 2. The van der Waals surface area contributed by atoms with Gasteiger partial charge in [-0.15, -0.1) is 0 Å². The SMILES string of the molecule is COC(=O)CNC(C)OC. The zero-order valence-electron chi connectivity index (χ0n) is 6.51. The Bertz CT molecular complexity index is 105. The van der Waals surface area contributed by atoms with E-state index in [9.17, 15) is 4.79 Å². The van der Waals surface area contributed by atoms with Gasteiger partial charge in [-0.3, -0.25) is 10.1 Å². The molecular formula is C6H13NO3. The predicted molar refractivity (Wildman–Crippen MR) is 36.5 cm³/mol. The smallest absolute Gasteiger partial charge is 0.319 e. The van der Waals surface area contributed by atoms with Crippen molar-refractivity contribution in [1.82, 2.24) is 5.32 Å². The van der Waals surface area contributed by atoms with Crippen LogP contribution in [-0.2, 0) is 14.3 Å². The van der Waals surface area contributed by atoms with Crippen molar-refractivity contribution in [3.05, 3.63) is 0 Å². The van der Waals surface area contributed by atoms with Gasteiger partial charge in [-0.2, -0.15) is 0 Å². The van der Waals surface area contributed by atoms with Crippen LogP contribution in [0.25, 0.3) is 0 Å². The van der Waals surface area contributed by atoms with Gasteiger partial charge in [0.25, 0.3) is 0 Å². The predicted octanol–water partition coefficient (Wildman–Crippen LogP) is -0.259. The lowest BCUT2D eigenvalue weighted by molar-refractivity contribution is -0.140. The molecule has 0 rings (SSSR count). The highest BCUT2D eigenvalue weighted by Gasteiger charge is 2.01. The largest absolute Gasteiger partial charge is 0.468 e. The van der Waals surface area contributed by atoms with Crippen LogP contribution in [0.2, 0.25) is 0 Å². The fraction of sp³-hybridized carbons (Fsp3) is 0.833. The second-order valence-corrected chi connectivity index (χ2v) is 1.83. The van der Waals surface area contributed by atoms with Gasteiger partial charge in [0.2, 0.25) is 0 Å². The number of esters is 1. The molecule has 1 N–H and O–H groups in total. The highest BCUT2D eigenvalue weighted by atomic mass is 16.5. The summed E-state index contributed by atoms with van der Waals surface area (Å²) in [6.45, 7) is 1.99. The van der Waals surface area contributed by atoms with E-state index in [-0.39, 0.29) is 18.7 Å². The first kappa shape index (κ1) is 9.39. The fourth-order valence-corrected chi connectivity index (χ4v) is 0.383. The van der Waals surface area contributed by atoms with Crippen LogP contribution < -0.4 is 5.32 Å². The van der Waals surface area contributed by atoms with Crippen LogP contribution in [0.4, 0.5) is 0 Å². The molecule has 0 aliphatic heterocycles. The number of methoxy groups -OCH3 is 2. The van der Waals surface area contributed by atoms with Crippen molar-refractivity contribution >= 4 is 5.97 Å². The summed E-state index contributed by atoms with van der Waals surface area (Å²) < 4.78 is 9.21. The first-order chi connectivity index (χ1) is 4.70. The first-order valence-electron chi connectivity index (χ1n) is 3.03. The number of hydrogen-bond donors (Lipinski definition) is 1. The molecule has 0 fully saturated rings. The van der Waals surface area contributed by atoms with Crippen molar-refractivity contribution < 1.29 is 14.3 Å². The van der Waals surface area contributed by atoms with Crippen LogP contribution in [0.1, 0.15) is 6.92 Å². The Balaban J connectivity index is 3.26. The van der Waals surface area contributed by atoms with Crippen LogP contribution in [0.3, 0.4) is 0 Å². The maximum Gasteiger partial charge on any atom is 0.319 e. The maximum absolute atomic E-state index is 10.5. The third kappa shape index (κ3) is 4.29. The molecule has 0 aromatic carbocycles. The molecule has 10 heavy (non-hydrogen) atoms. The second kappa shape index (κ2) is 5.20. The number of carbonyl (C=O) groups is 1. The monoisotopic (exact) mass is 147 g/mol. The highest BCUT2D eigenvalue weighted by Crippen LogP contribution is 1.79. The molecule has 0 bridgehead atoms. The van der Waals surface area contributed by atoms with Gasteiger partial charge in [0, 0.05) is 7.11 Å². The van der Waals surface area contributed by atoms with Crippen molar-refractivity contribution in [3.63, 3.8) is 0 Å². The fourth-order valence-electron chi connectivity index (χ4n) is 0.383. The number of rotatable bonds is 4. The first-order valence-corrected chi connectivity index (χ1v) is 3.03. The Morgan fingerprint density at radius 3 is 2.60 bits per heavy atom. The van der Waals surface area contributed by atoms with Crippen LogP contribution in [0, 0.1) is 0 Å². The maximum atomic E-state index is 10.5. The van der Waals surface area contributed by atoms with E-state index in [0.29, 0.717) is 0 Å². The summed E-state index contributed by atoms with van der Waals surface area (Å²) >= 11 is 0. The van der Waals surface area contributed by atoms with E-state index >= 15 is 0 Å². The van der Waals surface area contributed by atoms with Crippen LogP contribution >= 0.6 is 0 Å². The van der Waals surface area contributed by atoms with Crippen molar-refractivity contribution in [1.29, 1.82) is 0 Å². The molecule has 1 atom stereocenters. The minimum absolute atomic E-state index is 0.112. The molecule has 0 aliphatic rings. The van der Waals surface area contributed by atoms with Gasteiger partial charge in [0.1, 0.15) is 6.23 Å². The number of hydrogen-bond acceptors (Lipinski definition) is 4. The molecule has 0 aromatic heterocycles. The van der Waals surface area contributed by atoms with E-state index < -0.39 is 0 Å². The third-order valence-corrected chi connectivity index (χ3v) is 1.12. The van der Waals surface area contributed by atoms with Crippen molar-refractivity contribution in [2.75, 3.05) is 20.8 Å². The summed E-state index contributed by atoms with van der Waals surface area (Å²) in [7, 11) is 2.91. The van der Waals surface area contributed by atoms with E-state index in [2.05, 4.69) is 10.1 Å². The van der Waals surface area contributed by atoms with Crippen LogP contribution in [0.15, 0.2) is 0 Å². The number of nitrogens with one attached hydrogen (secondary N) is 1. The van der Waals surface area contributed by atoms with Gasteiger partial charge in [0.15, 0.2) is 0 Å². The lowest BCUT2D eigenvalue weighted by Gasteiger charge is -2.09. The summed E-state index contributed by atoms with van der Waals surface area (Å²) in [5, 5.41) is 2.79. The summed E-state index contributed by atoms with van der Waals surface area (Å²) in [4.78, 5) is 10.5. The van der Waals surface area contributed by atoms with E-state index in [0.717, 1.165) is 0 Å². The van der Waals surface area contributed by atoms with Gasteiger partial charge in [-0.1, -0.05) is 0 Å². The van der Waals surface area contributed by atoms with Gasteiger partial charge in [0.05, 0.1) is 13.7 Å². The van der Waals surface area contributed by atoms with Crippen LogP contribution in [-0.4, -0.2) is 33.0 Å². The molecule has 0 aliphatic carbocycles. The van der Waals surface area contributed by atoms with Crippen molar-refractivity contribution in [2.24, 2.45) is 0 Å². The minimum atomic E-state index is -0.288. The van der Waals surface area contributed by atoms with Gasteiger partial charge in [-0.25, -0.2) is 0 Å². The third-order valence-electron chi connectivity index (χ3n) is 1.12. The lowest BCUT2D eigenvalue weighted by Crippen LogP contribution is -2.33. The second-order valence-electron chi connectivity index (χ2n) is 1.83. The molecule has 1 unspecified atom stereocenters. The molecular weight excluding hydrogens is 134 g/mol. The average molecular weight is 147 g/mol. The Morgan fingerprint density at radius 1 is 1.60 bits per heavy atom. The molecule has 60 valence electrons. The molecule has 0 aromatic rings. The molecule has 0 saturated carbocycles. The Morgan fingerprint density at radius 2 is 2.20 bits per heavy atom. The quantitative estimate of drug-likeness (QED) is 0.439. The number of carbonyl (C=O) groups excluding carboxylic acids is 1. The Kier molecular flexibility index (Phi) is 4.88. The Hall–Kier alpha value is -0.610. The highest BCUT2D eigenvalue weighted by molar-refractivity contribution is 5.71. The van der Waals surface area contributed by atoms with Crippen LogP contribution in [0.5, 0.6) is 0 Å². The van der Waals surface area contributed by atoms with Crippen molar-refractivity contribution in [2.45, 2.75) is 13.2 Å². The summed E-state index contributed by atoms with van der Waals surface area (Å²) in [5.74, 6) is -0.288. The van der Waals surface area contributed by atoms with Gasteiger partial charge in [-0.05, 0) is 6.92 Å². The van der Waals surface area contributed by atoms with E-state index in [4.69, 9.17) is 4.74 Å². The molecule has 0 saturated heterocycles. The van der Waals surface area contributed by atoms with Gasteiger partial charge < -0.3 is 9.47 Å². The molecule has 0 radical (unpaired) electrons. The molecule has 0 amide bonds. The van der Waals surface area contributed by atoms with E-state index in [1.165, 1.54) is 7.11 Å². The zero-order chi connectivity index (χ0) is 7.98.